The summed E-state index contributed by atoms with van der Waals surface area (Å²) in [6.07, 6.45) is 4.50. The highest BCUT2D eigenvalue weighted by Crippen LogP contribution is 2.39. The Morgan fingerprint density at radius 1 is 1.34 bits per heavy atom. The molecule has 0 saturated carbocycles. The van der Waals surface area contributed by atoms with E-state index in [0.29, 0.717) is 17.5 Å². The molecule has 1 aromatic carbocycles. The predicted molar refractivity (Wildman–Crippen MR) is 117 cm³/mol. The summed E-state index contributed by atoms with van der Waals surface area (Å²) in [5, 5.41) is 1.14. The van der Waals surface area contributed by atoms with Crippen molar-refractivity contribution in [3.63, 3.8) is 0 Å². The average Bonchev–Trinajstić information content (AvgIpc) is 3.06. The number of hydrogen-bond acceptors (Lipinski definition) is 6. The van der Waals surface area contributed by atoms with E-state index in [1.807, 2.05) is 6.92 Å². The molecule has 2 N–H and O–H groups in total. The van der Waals surface area contributed by atoms with Crippen LogP contribution in [0.3, 0.4) is 0 Å². The minimum absolute atomic E-state index is 0.0630. The summed E-state index contributed by atoms with van der Waals surface area (Å²) in [5.74, 6) is 0.137. The highest BCUT2D eigenvalue weighted by Gasteiger charge is 2.23. The summed E-state index contributed by atoms with van der Waals surface area (Å²) in [6.45, 7) is 2.18. The number of carbonyl (C=O) groups excluding carboxylic acids is 1. The van der Waals surface area contributed by atoms with E-state index in [4.69, 9.17) is 5.73 Å². The number of anilines is 1. The number of thiophene rings is 1. The number of halogens is 1. The number of aromatic nitrogens is 2. The zero-order chi connectivity index (χ0) is 20.5. The van der Waals surface area contributed by atoms with E-state index in [1.54, 1.807) is 35.4 Å². The first-order chi connectivity index (χ1) is 13.9. The number of nitrogens with zero attached hydrogens (tertiary/aromatic N) is 3. The van der Waals surface area contributed by atoms with Gasteiger partial charge in [0.25, 0.3) is 0 Å². The number of rotatable bonds is 5. The van der Waals surface area contributed by atoms with Crippen molar-refractivity contribution in [2.75, 3.05) is 12.8 Å². The maximum Gasteiger partial charge on any atom is 0.235 e. The van der Waals surface area contributed by atoms with Crippen LogP contribution in [-0.2, 0) is 24.2 Å². The highest BCUT2D eigenvalue weighted by atomic mass is 32.2. The molecule has 0 aliphatic heterocycles. The van der Waals surface area contributed by atoms with Crippen LogP contribution in [0.2, 0.25) is 0 Å². The van der Waals surface area contributed by atoms with Gasteiger partial charge in [-0.2, -0.15) is 0 Å². The normalized spacial score (nSPS) is 14.6. The Kier molecular flexibility index (Phi) is 5.74. The molecule has 0 radical (unpaired) electrons. The highest BCUT2D eigenvalue weighted by molar-refractivity contribution is 8.00. The molecule has 1 unspecified atom stereocenters. The molecule has 0 fully saturated rings. The van der Waals surface area contributed by atoms with E-state index >= 15 is 0 Å². The van der Waals surface area contributed by atoms with Gasteiger partial charge >= 0.3 is 0 Å². The van der Waals surface area contributed by atoms with Gasteiger partial charge in [-0.1, -0.05) is 23.9 Å². The van der Waals surface area contributed by atoms with Gasteiger partial charge < -0.3 is 10.6 Å². The molecular formula is C21H23FN4OS2. The summed E-state index contributed by atoms with van der Waals surface area (Å²) >= 11 is 3.01. The van der Waals surface area contributed by atoms with Gasteiger partial charge in [0, 0.05) is 18.5 Å². The Balaban J connectivity index is 1.49. The molecule has 8 heteroatoms. The lowest BCUT2D eigenvalue weighted by Gasteiger charge is -2.21. The number of aryl methyl sites for hydroxylation is 2. The maximum atomic E-state index is 13.4. The van der Waals surface area contributed by atoms with Crippen molar-refractivity contribution in [3.05, 3.63) is 46.1 Å². The second kappa shape index (κ2) is 8.28. The first-order valence-corrected chi connectivity index (χ1v) is 11.4. The molecule has 5 nitrogen and oxygen atoms in total. The van der Waals surface area contributed by atoms with Crippen LogP contribution in [0.4, 0.5) is 10.2 Å². The number of thioether (sulfide) groups is 1. The quantitative estimate of drug-likeness (QED) is 0.479. The van der Waals surface area contributed by atoms with Crippen LogP contribution in [0.25, 0.3) is 10.2 Å². The molecule has 1 atom stereocenters. The molecule has 2 aromatic heterocycles. The standard InChI is InChI=1S/C21H23FN4OS2/c1-12(20(27)26(2)11-13-6-5-7-14(22)10-13)28-21-24-18(23)17-15-8-3-4-9-16(15)29-19(17)25-21/h5-7,10,12H,3-4,8-9,11H2,1-2H3,(H2,23,24,25). The van der Waals surface area contributed by atoms with Gasteiger partial charge in [-0.15, -0.1) is 11.3 Å². The Morgan fingerprint density at radius 2 is 2.14 bits per heavy atom. The molecule has 4 rings (SSSR count). The second-order valence-corrected chi connectivity index (χ2v) is 9.76. The largest absolute Gasteiger partial charge is 0.383 e. The van der Waals surface area contributed by atoms with Crippen molar-refractivity contribution >= 4 is 45.0 Å². The van der Waals surface area contributed by atoms with Crippen LogP contribution in [0.5, 0.6) is 0 Å². The number of nitrogens with two attached hydrogens (primary N) is 1. The van der Waals surface area contributed by atoms with Crippen molar-refractivity contribution < 1.29 is 9.18 Å². The van der Waals surface area contributed by atoms with Crippen molar-refractivity contribution in [2.45, 2.75) is 49.6 Å². The zero-order valence-electron chi connectivity index (χ0n) is 16.4. The molecule has 0 bridgehead atoms. The molecular weight excluding hydrogens is 407 g/mol. The van der Waals surface area contributed by atoms with Crippen LogP contribution < -0.4 is 5.73 Å². The third-order valence-corrected chi connectivity index (χ3v) is 7.27. The first-order valence-electron chi connectivity index (χ1n) is 9.66. The molecule has 1 aliphatic rings. The summed E-state index contributed by atoms with van der Waals surface area (Å²) in [4.78, 5) is 25.8. The van der Waals surface area contributed by atoms with E-state index in [2.05, 4.69) is 9.97 Å². The third-order valence-electron chi connectivity index (χ3n) is 5.14. The fourth-order valence-electron chi connectivity index (χ4n) is 3.72. The molecule has 2 heterocycles. The molecule has 152 valence electrons. The van der Waals surface area contributed by atoms with Gasteiger partial charge in [0.1, 0.15) is 16.5 Å². The topological polar surface area (TPSA) is 72.1 Å². The van der Waals surface area contributed by atoms with E-state index in [1.165, 1.54) is 47.2 Å². The number of hydrogen-bond donors (Lipinski definition) is 1. The lowest BCUT2D eigenvalue weighted by atomic mass is 9.97. The van der Waals surface area contributed by atoms with Crippen molar-refractivity contribution in [1.29, 1.82) is 0 Å². The number of amides is 1. The number of benzene rings is 1. The molecule has 1 aliphatic carbocycles. The van der Waals surface area contributed by atoms with Crippen molar-refractivity contribution in [1.82, 2.24) is 14.9 Å². The number of nitrogen functional groups attached to an aromatic ring is 1. The monoisotopic (exact) mass is 430 g/mol. The Hall–Kier alpha value is -2.19. The van der Waals surface area contributed by atoms with E-state index in [-0.39, 0.29) is 17.0 Å². The van der Waals surface area contributed by atoms with Crippen molar-refractivity contribution in [3.8, 4) is 0 Å². The predicted octanol–water partition coefficient (Wildman–Crippen LogP) is 4.43. The lowest BCUT2D eigenvalue weighted by molar-refractivity contribution is -0.129. The SMILES string of the molecule is CC(Sc1nc(N)c2c3c(sc2n1)CCCC3)C(=O)N(C)Cc1cccc(F)c1. The van der Waals surface area contributed by atoms with Gasteiger partial charge in [-0.25, -0.2) is 14.4 Å². The minimum atomic E-state index is -0.375. The molecule has 0 spiro atoms. The number of fused-ring (bicyclic) bond motifs is 3. The van der Waals surface area contributed by atoms with Crippen LogP contribution in [-0.4, -0.2) is 33.1 Å². The van der Waals surface area contributed by atoms with Gasteiger partial charge in [0.05, 0.1) is 10.6 Å². The van der Waals surface area contributed by atoms with Crippen LogP contribution in [0.1, 0.15) is 35.8 Å². The van der Waals surface area contributed by atoms with Crippen LogP contribution in [0, 0.1) is 5.82 Å². The minimum Gasteiger partial charge on any atom is -0.383 e. The first kappa shape index (κ1) is 20.1. The summed E-state index contributed by atoms with van der Waals surface area (Å²) in [5.41, 5.74) is 8.33. The Morgan fingerprint density at radius 3 is 2.93 bits per heavy atom. The fourth-order valence-corrected chi connectivity index (χ4v) is 5.94. The summed E-state index contributed by atoms with van der Waals surface area (Å²) < 4.78 is 13.4. The van der Waals surface area contributed by atoms with E-state index in [0.717, 1.165) is 28.6 Å². The lowest BCUT2D eigenvalue weighted by Crippen LogP contribution is -2.32. The Labute approximate surface area is 177 Å². The number of carbonyl (C=O) groups is 1. The molecule has 29 heavy (non-hydrogen) atoms. The molecule has 1 amide bonds. The van der Waals surface area contributed by atoms with Crippen LogP contribution in [0.15, 0.2) is 29.4 Å². The zero-order valence-corrected chi connectivity index (χ0v) is 18.1. The van der Waals surface area contributed by atoms with E-state index < -0.39 is 0 Å². The molecule has 0 saturated heterocycles. The fraction of sp³-hybridized carbons (Fsp3) is 0.381. The van der Waals surface area contributed by atoms with E-state index in [9.17, 15) is 9.18 Å². The third kappa shape index (κ3) is 4.23. The second-order valence-electron chi connectivity index (χ2n) is 7.37. The Bertz CT molecular complexity index is 1070. The summed E-state index contributed by atoms with van der Waals surface area (Å²) in [7, 11) is 1.72. The summed E-state index contributed by atoms with van der Waals surface area (Å²) in [6, 6.07) is 6.29. The van der Waals surface area contributed by atoms with Gasteiger partial charge in [0.15, 0.2) is 5.16 Å². The molecule has 3 aromatic rings. The smallest absolute Gasteiger partial charge is 0.235 e. The van der Waals surface area contributed by atoms with Crippen molar-refractivity contribution in [2.24, 2.45) is 0 Å². The van der Waals surface area contributed by atoms with Crippen LogP contribution >= 0.6 is 23.1 Å². The van der Waals surface area contributed by atoms with Gasteiger partial charge in [-0.3, -0.25) is 4.79 Å². The van der Waals surface area contributed by atoms with Gasteiger partial charge in [0.2, 0.25) is 5.91 Å². The van der Waals surface area contributed by atoms with Gasteiger partial charge in [-0.05, 0) is 55.9 Å². The average molecular weight is 431 g/mol. The maximum absolute atomic E-state index is 13.4.